The van der Waals surface area contributed by atoms with E-state index in [2.05, 4.69) is 154 Å². The molecule has 0 bridgehead atoms. The van der Waals surface area contributed by atoms with Gasteiger partial charge in [0.05, 0.1) is 17.3 Å². The van der Waals surface area contributed by atoms with Gasteiger partial charge in [0.2, 0.25) is 0 Å². The maximum atomic E-state index is 5.17. The third-order valence-corrected chi connectivity index (χ3v) is 10.2. The number of amidine groups is 2. The third kappa shape index (κ3) is 4.55. The zero-order valence-electron chi connectivity index (χ0n) is 27.3. The van der Waals surface area contributed by atoms with Crippen LogP contribution in [0.5, 0.6) is 0 Å². The molecule has 0 radical (unpaired) electrons. The van der Waals surface area contributed by atoms with Crippen molar-refractivity contribution in [3.8, 4) is 5.69 Å². The Hall–Kier alpha value is -6.46. The van der Waals surface area contributed by atoms with Crippen LogP contribution in [0.3, 0.4) is 0 Å². The minimum absolute atomic E-state index is 0.181. The average molecular weight is 644 g/mol. The van der Waals surface area contributed by atoms with Crippen LogP contribution in [0.1, 0.15) is 45.6 Å². The molecule has 5 heteroatoms. The molecule has 10 rings (SSSR count). The van der Waals surface area contributed by atoms with E-state index < -0.39 is 0 Å². The Morgan fingerprint density at radius 1 is 0.600 bits per heavy atom. The molecule has 238 valence electrons. The van der Waals surface area contributed by atoms with Gasteiger partial charge in [-0.3, -0.25) is 0 Å². The van der Waals surface area contributed by atoms with Crippen molar-refractivity contribution in [3.63, 3.8) is 0 Å². The Bertz CT molecular complexity index is 2480. The third-order valence-electron chi connectivity index (χ3n) is 10.2. The van der Waals surface area contributed by atoms with Crippen LogP contribution in [-0.4, -0.2) is 22.3 Å². The molecular weight excluding hydrogens is 611 g/mol. The van der Waals surface area contributed by atoms with Crippen molar-refractivity contribution in [1.29, 1.82) is 0 Å². The number of hydrogen-bond acceptors (Lipinski definition) is 4. The molecule has 5 nitrogen and oxygen atoms in total. The van der Waals surface area contributed by atoms with Gasteiger partial charge in [-0.1, -0.05) is 133 Å². The van der Waals surface area contributed by atoms with Gasteiger partial charge in [0.15, 0.2) is 5.84 Å². The van der Waals surface area contributed by atoms with Gasteiger partial charge in [-0.2, -0.15) is 0 Å². The Morgan fingerprint density at radius 2 is 1.28 bits per heavy atom. The Morgan fingerprint density at radius 3 is 2.10 bits per heavy atom. The second-order valence-corrected chi connectivity index (χ2v) is 13.0. The molecule has 6 aromatic carbocycles. The molecule has 1 aromatic heterocycles. The maximum Gasteiger partial charge on any atom is 0.159 e. The fraction of sp³-hybridized carbons (Fsp3) is 0.0667. The quantitative estimate of drug-likeness (QED) is 0.203. The number of nitrogens with zero attached hydrogens (tertiary/aromatic N) is 4. The predicted octanol–water partition coefficient (Wildman–Crippen LogP) is 9.80. The Labute approximate surface area is 291 Å². The van der Waals surface area contributed by atoms with Crippen molar-refractivity contribution < 1.29 is 0 Å². The summed E-state index contributed by atoms with van der Waals surface area (Å²) >= 11 is 0. The largest absolute Gasteiger partial charge is 0.344 e. The second kappa shape index (κ2) is 11.6. The highest BCUT2D eigenvalue weighted by Gasteiger charge is 2.43. The molecule has 1 aliphatic carbocycles. The van der Waals surface area contributed by atoms with E-state index in [9.17, 15) is 0 Å². The number of para-hydroxylation sites is 3. The lowest BCUT2D eigenvalue weighted by atomic mass is 9.82. The summed E-state index contributed by atoms with van der Waals surface area (Å²) in [5.41, 5.74) is 11.9. The second-order valence-electron chi connectivity index (χ2n) is 13.0. The highest BCUT2D eigenvalue weighted by molar-refractivity contribution is 6.13. The maximum absolute atomic E-state index is 5.17. The van der Waals surface area contributed by atoms with E-state index in [0.717, 1.165) is 34.0 Å². The first kappa shape index (κ1) is 28.5. The van der Waals surface area contributed by atoms with Crippen molar-refractivity contribution in [2.75, 3.05) is 4.90 Å². The summed E-state index contributed by atoms with van der Waals surface area (Å²) < 4.78 is 2.44. The van der Waals surface area contributed by atoms with E-state index >= 15 is 0 Å². The van der Waals surface area contributed by atoms with Gasteiger partial charge < -0.3 is 14.8 Å². The molecule has 3 atom stereocenters. The first-order valence-electron chi connectivity index (χ1n) is 17.2. The predicted molar refractivity (Wildman–Crippen MR) is 205 cm³/mol. The topological polar surface area (TPSA) is 44.9 Å². The zero-order valence-corrected chi connectivity index (χ0v) is 27.3. The van der Waals surface area contributed by atoms with Crippen LogP contribution in [0.15, 0.2) is 180 Å². The highest BCUT2D eigenvalue weighted by atomic mass is 15.2. The Balaban J connectivity index is 1.11. The van der Waals surface area contributed by atoms with Crippen molar-refractivity contribution >= 4 is 40.0 Å². The van der Waals surface area contributed by atoms with Crippen molar-refractivity contribution in [3.05, 3.63) is 203 Å². The van der Waals surface area contributed by atoms with Gasteiger partial charge in [0, 0.05) is 39.5 Å². The van der Waals surface area contributed by atoms with Crippen molar-refractivity contribution in [2.45, 2.75) is 18.1 Å². The normalized spacial score (nSPS) is 18.9. The van der Waals surface area contributed by atoms with Crippen LogP contribution in [0.4, 0.5) is 11.4 Å². The van der Waals surface area contributed by atoms with E-state index in [0.29, 0.717) is 0 Å². The summed E-state index contributed by atoms with van der Waals surface area (Å²) in [6.45, 7) is 0. The van der Waals surface area contributed by atoms with E-state index in [4.69, 9.17) is 9.98 Å². The number of aliphatic imine (C=N–C) groups is 2. The summed E-state index contributed by atoms with van der Waals surface area (Å²) in [4.78, 5) is 12.7. The molecule has 2 aliphatic heterocycles. The van der Waals surface area contributed by atoms with E-state index in [-0.39, 0.29) is 18.1 Å². The SMILES string of the molecule is C1=CC2C(c3ccccc3N2c2ccccc2)c2c1n(-c1cccc(C3N=C(c4ccccc4)N=C(c4ccccc4)N3)c1)c1ccccc21. The van der Waals surface area contributed by atoms with Gasteiger partial charge in [-0.15, -0.1) is 0 Å². The smallest absolute Gasteiger partial charge is 0.159 e. The standard InChI is InChI=1S/C45H33N5/c1-4-15-30(16-5-1)43-46-44(31-17-6-2-7-18-31)48-45(47-43)32-19-14-22-34(29-32)50-38-26-13-11-24-36(38)42-40(50)28-27-39-41(42)35-23-10-12-25-37(35)49(39)33-20-8-3-9-21-33/h1-29,39,41,45H,(H,46,47,48). The molecule has 0 saturated heterocycles. The van der Waals surface area contributed by atoms with Crippen molar-refractivity contribution in [1.82, 2.24) is 9.88 Å². The molecular formula is C45H33N5. The average Bonchev–Trinajstić information content (AvgIpc) is 3.72. The van der Waals surface area contributed by atoms with Gasteiger partial charge >= 0.3 is 0 Å². The molecule has 0 fully saturated rings. The Kier molecular flexibility index (Phi) is 6.62. The first-order valence-corrected chi connectivity index (χ1v) is 17.2. The summed E-state index contributed by atoms with van der Waals surface area (Å²) in [6.07, 6.45) is 4.44. The number of rotatable bonds is 5. The van der Waals surface area contributed by atoms with Crippen LogP contribution in [-0.2, 0) is 0 Å². The summed E-state index contributed by atoms with van der Waals surface area (Å²) in [5.74, 6) is 1.73. The van der Waals surface area contributed by atoms with Gasteiger partial charge in [0.1, 0.15) is 12.0 Å². The van der Waals surface area contributed by atoms with Crippen molar-refractivity contribution in [2.24, 2.45) is 9.98 Å². The summed E-state index contributed by atoms with van der Waals surface area (Å²) in [5, 5.41) is 4.94. The molecule has 7 aromatic rings. The highest BCUT2D eigenvalue weighted by Crippen LogP contribution is 2.53. The number of fused-ring (bicyclic) bond motifs is 7. The molecule has 1 N–H and O–H groups in total. The molecule has 0 saturated carbocycles. The van der Waals surface area contributed by atoms with Gasteiger partial charge in [-0.25, -0.2) is 9.98 Å². The lowest BCUT2D eigenvalue weighted by Gasteiger charge is -2.31. The van der Waals surface area contributed by atoms with E-state index in [1.807, 2.05) is 36.4 Å². The van der Waals surface area contributed by atoms with Crippen LogP contribution in [0.2, 0.25) is 0 Å². The molecule has 3 unspecified atom stereocenters. The zero-order chi connectivity index (χ0) is 33.0. The minimum Gasteiger partial charge on any atom is -0.344 e. The summed E-state index contributed by atoms with van der Waals surface area (Å²) in [7, 11) is 0. The van der Waals surface area contributed by atoms with E-state index in [1.165, 1.54) is 39.1 Å². The van der Waals surface area contributed by atoms with Crippen LogP contribution in [0, 0.1) is 0 Å². The van der Waals surface area contributed by atoms with Gasteiger partial charge in [-0.05, 0) is 59.2 Å². The number of nitrogens with one attached hydrogen (secondary N) is 1. The minimum atomic E-state index is -0.309. The molecule has 50 heavy (non-hydrogen) atoms. The lowest BCUT2D eigenvalue weighted by Crippen LogP contribution is -2.33. The lowest BCUT2D eigenvalue weighted by molar-refractivity contribution is 0.673. The molecule has 0 amide bonds. The fourth-order valence-electron chi connectivity index (χ4n) is 8.04. The molecule has 0 spiro atoms. The monoisotopic (exact) mass is 643 g/mol. The van der Waals surface area contributed by atoms with Crippen LogP contribution in [0.25, 0.3) is 22.7 Å². The molecule has 3 heterocycles. The molecule has 3 aliphatic rings. The van der Waals surface area contributed by atoms with Crippen LogP contribution >= 0.6 is 0 Å². The van der Waals surface area contributed by atoms with Crippen LogP contribution < -0.4 is 10.2 Å². The van der Waals surface area contributed by atoms with E-state index in [1.54, 1.807) is 0 Å². The number of benzene rings is 6. The van der Waals surface area contributed by atoms with Gasteiger partial charge in [0.25, 0.3) is 0 Å². The fourth-order valence-corrected chi connectivity index (χ4v) is 8.04. The number of aromatic nitrogens is 1. The number of hydrogen-bond donors (Lipinski definition) is 1. The first-order chi connectivity index (χ1) is 24.8. The number of anilines is 2. The summed E-state index contributed by atoms with van der Waals surface area (Å²) in [6, 6.07) is 58.1.